The highest BCUT2D eigenvalue weighted by molar-refractivity contribution is 5.92. The van der Waals surface area contributed by atoms with Crippen LogP contribution in [0.4, 0.5) is 10.5 Å². The maximum absolute atomic E-state index is 12.4. The van der Waals surface area contributed by atoms with E-state index in [-0.39, 0.29) is 5.92 Å². The zero-order chi connectivity index (χ0) is 20.3. The minimum atomic E-state index is -1.30. The lowest BCUT2D eigenvalue weighted by molar-refractivity contribution is 0.0644. The van der Waals surface area contributed by atoms with Crippen molar-refractivity contribution in [2.24, 2.45) is 0 Å². The minimum Gasteiger partial charge on any atom is -0.449 e. The molecule has 4 heteroatoms. The van der Waals surface area contributed by atoms with Crippen LogP contribution in [0.2, 0.25) is 0 Å². The SMILES string of the molecule is CCOC(=O)N1C=CC(C(O)(c2ccccc2)c2ccccc2)c2ccccc21. The number of benzene rings is 3. The van der Waals surface area contributed by atoms with Crippen LogP contribution in [0.5, 0.6) is 0 Å². The number of amides is 1. The number of aliphatic hydroxyl groups is 1. The summed E-state index contributed by atoms with van der Waals surface area (Å²) in [7, 11) is 0. The molecule has 1 aliphatic heterocycles. The monoisotopic (exact) mass is 385 g/mol. The number of nitrogens with zero attached hydrogens (tertiary/aromatic N) is 1. The number of para-hydroxylation sites is 1. The second-order valence-electron chi connectivity index (χ2n) is 6.95. The number of rotatable bonds is 4. The smallest absolute Gasteiger partial charge is 0.418 e. The molecule has 3 aromatic rings. The standard InChI is InChI=1S/C25H23NO3/c1-2-29-24(27)26-18-17-22(21-15-9-10-16-23(21)26)25(28,19-11-5-3-6-12-19)20-13-7-4-8-14-20/h3-18,22,28H,2H2,1H3. The van der Waals surface area contributed by atoms with Crippen LogP contribution in [0.15, 0.2) is 97.2 Å². The van der Waals surface area contributed by atoms with Gasteiger partial charge in [-0.3, -0.25) is 4.90 Å². The van der Waals surface area contributed by atoms with Crippen molar-refractivity contribution in [1.82, 2.24) is 0 Å². The Labute approximate surface area is 170 Å². The van der Waals surface area contributed by atoms with Crippen molar-refractivity contribution in [3.63, 3.8) is 0 Å². The van der Waals surface area contributed by atoms with Gasteiger partial charge in [-0.1, -0.05) is 84.9 Å². The summed E-state index contributed by atoms with van der Waals surface area (Å²) in [5.74, 6) is -0.380. The third-order valence-electron chi connectivity index (χ3n) is 5.30. The number of carbonyl (C=O) groups is 1. The third kappa shape index (κ3) is 3.32. The Balaban J connectivity index is 1.89. The van der Waals surface area contributed by atoms with Crippen molar-refractivity contribution in [3.05, 3.63) is 114 Å². The summed E-state index contributed by atoms with van der Waals surface area (Å²) in [6, 6.07) is 26.9. The molecule has 4 nitrogen and oxygen atoms in total. The maximum Gasteiger partial charge on any atom is 0.418 e. The first-order valence-electron chi connectivity index (χ1n) is 9.73. The van der Waals surface area contributed by atoms with Crippen molar-refractivity contribution < 1.29 is 14.6 Å². The highest BCUT2D eigenvalue weighted by Gasteiger charge is 2.43. The van der Waals surface area contributed by atoms with Gasteiger partial charge in [0.15, 0.2) is 0 Å². The largest absolute Gasteiger partial charge is 0.449 e. The minimum absolute atomic E-state index is 0.298. The molecule has 0 saturated heterocycles. The molecule has 0 aliphatic carbocycles. The summed E-state index contributed by atoms with van der Waals surface area (Å²) in [4.78, 5) is 13.9. The van der Waals surface area contributed by atoms with Gasteiger partial charge in [0.25, 0.3) is 0 Å². The van der Waals surface area contributed by atoms with Gasteiger partial charge in [0.1, 0.15) is 5.60 Å². The highest BCUT2D eigenvalue weighted by atomic mass is 16.6. The van der Waals surface area contributed by atoms with Gasteiger partial charge < -0.3 is 9.84 Å². The first-order chi connectivity index (χ1) is 14.2. The molecule has 29 heavy (non-hydrogen) atoms. The molecule has 1 heterocycles. The number of ether oxygens (including phenoxy) is 1. The first-order valence-corrected chi connectivity index (χ1v) is 9.73. The Morgan fingerprint density at radius 2 is 1.48 bits per heavy atom. The van der Waals surface area contributed by atoms with Crippen molar-refractivity contribution in [2.45, 2.75) is 18.4 Å². The third-order valence-corrected chi connectivity index (χ3v) is 5.30. The van der Waals surface area contributed by atoms with Crippen molar-refractivity contribution in [1.29, 1.82) is 0 Å². The predicted molar refractivity (Wildman–Crippen MR) is 114 cm³/mol. The van der Waals surface area contributed by atoms with Crippen LogP contribution < -0.4 is 4.90 Å². The van der Waals surface area contributed by atoms with E-state index in [1.165, 1.54) is 4.90 Å². The van der Waals surface area contributed by atoms with Gasteiger partial charge in [-0.2, -0.15) is 0 Å². The quantitative estimate of drug-likeness (QED) is 0.672. The summed E-state index contributed by atoms with van der Waals surface area (Å²) < 4.78 is 5.20. The van der Waals surface area contributed by atoms with Crippen molar-refractivity contribution in [3.8, 4) is 0 Å². The Hall–Kier alpha value is -3.37. The molecule has 0 bridgehead atoms. The fraction of sp³-hybridized carbons (Fsp3) is 0.160. The van der Waals surface area contributed by atoms with Gasteiger partial charge in [0.05, 0.1) is 12.3 Å². The molecule has 1 atom stereocenters. The summed E-state index contributed by atoms with van der Waals surface area (Å²) >= 11 is 0. The fourth-order valence-corrected chi connectivity index (χ4v) is 3.95. The summed E-state index contributed by atoms with van der Waals surface area (Å²) in [6.07, 6.45) is 3.14. The maximum atomic E-state index is 12.4. The fourth-order valence-electron chi connectivity index (χ4n) is 3.95. The molecule has 4 rings (SSSR count). The Morgan fingerprint density at radius 3 is 2.07 bits per heavy atom. The van der Waals surface area contributed by atoms with Crippen LogP contribution >= 0.6 is 0 Å². The molecular weight excluding hydrogens is 362 g/mol. The second-order valence-corrected chi connectivity index (χ2v) is 6.95. The van der Waals surface area contributed by atoms with Crippen LogP contribution in [0, 0.1) is 0 Å². The number of anilines is 1. The predicted octanol–water partition coefficient (Wildman–Crippen LogP) is 5.20. The normalized spacial score (nSPS) is 15.7. The van der Waals surface area contributed by atoms with E-state index in [2.05, 4.69) is 0 Å². The van der Waals surface area contributed by atoms with E-state index < -0.39 is 11.7 Å². The van der Waals surface area contributed by atoms with Gasteiger partial charge in [-0.25, -0.2) is 4.79 Å². The highest BCUT2D eigenvalue weighted by Crippen LogP contribution is 2.47. The molecule has 0 saturated carbocycles. The summed E-state index contributed by atoms with van der Waals surface area (Å²) in [5.41, 5.74) is 1.86. The Bertz CT molecular complexity index is 975. The average molecular weight is 385 g/mol. The summed E-state index contributed by atoms with van der Waals surface area (Å²) in [5, 5.41) is 12.2. The lowest BCUT2D eigenvalue weighted by Gasteiger charge is -2.40. The van der Waals surface area contributed by atoms with E-state index >= 15 is 0 Å². The topological polar surface area (TPSA) is 49.8 Å². The molecule has 0 spiro atoms. The van der Waals surface area contributed by atoms with E-state index in [1.54, 1.807) is 13.1 Å². The van der Waals surface area contributed by atoms with E-state index in [0.29, 0.717) is 12.3 Å². The van der Waals surface area contributed by atoms with E-state index in [4.69, 9.17) is 4.74 Å². The molecule has 1 aliphatic rings. The van der Waals surface area contributed by atoms with Gasteiger partial charge in [0.2, 0.25) is 0 Å². The molecule has 0 aromatic heterocycles. The molecule has 1 amide bonds. The molecule has 1 N–H and O–H groups in total. The molecular formula is C25H23NO3. The molecule has 0 radical (unpaired) electrons. The van der Waals surface area contributed by atoms with Crippen molar-refractivity contribution >= 4 is 11.8 Å². The zero-order valence-electron chi connectivity index (χ0n) is 16.2. The van der Waals surface area contributed by atoms with E-state index in [9.17, 15) is 9.90 Å². The lowest BCUT2D eigenvalue weighted by atomic mass is 9.72. The van der Waals surface area contributed by atoms with Gasteiger partial charge in [0, 0.05) is 12.1 Å². The average Bonchev–Trinajstić information content (AvgIpc) is 2.79. The number of fused-ring (bicyclic) bond motifs is 1. The van der Waals surface area contributed by atoms with Gasteiger partial charge in [-0.15, -0.1) is 0 Å². The van der Waals surface area contributed by atoms with Crippen LogP contribution in [0.25, 0.3) is 0 Å². The molecule has 1 unspecified atom stereocenters. The Morgan fingerprint density at radius 1 is 0.931 bits per heavy atom. The number of carbonyl (C=O) groups excluding carboxylic acids is 1. The van der Waals surface area contributed by atoms with E-state index in [0.717, 1.165) is 16.7 Å². The first kappa shape index (κ1) is 19.0. The zero-order valence-corrected chi connectivity index (χ0v) is 16.2. The number of hydrogen-bond acceptors (Lipinski definition) is 3. The summed E-state index contributed by atoms with van der Waals surface area (Å²) in [6.45, 7) is 2.08. The van der Waals surface area contributed by atoms with Gasteiger partial charge >= 0.3 is 6.09 Å². The molecule has 0 fully saturated rings. The van der Waals surface area contributed by atoms with Crippen molar-refractivity contribution in [2.75, 3.05) is 11.5 Å². The van der Waals surface area contributed by atoms with Gasteiger partial charge in [-0.05, 0) is 29.7 Å². The van der Waals surface area contributed by atoms with E-state index in [1.807, 2.05) is 91.0 Å². The lowest BCUT2D eigenvalue weighted by Crippen LogP contribution is -2.38. The number of hydrogen-bond donors (Lipinski definition) is 1. The van der Waals surface area contributed by atoms with Crippen LogP contribution in [-0.4, -0.2) is 17.8 Å². The van der Waals surface area contributed by atoms with Crippen LogP contribution in [-0.2, 0) is 10.3 Å². The Kier molecular flexibility index (Phi) is 5.19. The van der Waals surface area contributed by atoms with Crippen LogP contribution in [0.1, 0.15) is 29.5 Å². The second kappa shape index (κ2) is 7.94. The van der Waals surface area contributed by atoms with Crippen LogP contribution in [0.3, 0.4) is 0 Å². The molecule has 146 valence electrons. The molecule has 3 aromatic carbocycles.